The van der Waals surface area contributed by atoms with Crippen LogP contribution in [0.5, 0.6) is 5.75 Å². The Kier molecular flexibility index (Phi) is 4.41. The molecule has 0 heterocycles. The second-order valence-electron chi connectivity index (χ2n) is 5.38. The first-order valence-electron chi connectivity index (χ1n) is 7.02. The maximum Gasteiger partial charge on any atom is 0.122 e. The van der Waals surface area contributed by atoms with Crippen LogP contribution >= 0.6 is 27.5 Å². The minimum atomic E-state index is 0.465. The van der Waals surface area contributed by atoms with Gasteiger partial charge in [0.25, 0.3) is 0 Å². The number of hydrogen-bond donors (Lipinski definition) is 1. The molecule has 1 N–H and O–H groups in total. The minimum absolute atomic E-state index is 0.465. The molecule has 4 heteroatoms. The van der Waals surface area contributed by atoms with Crippen molar-refractivity contribution in [2.45, 2.75) is 24.8 Å². The maximum atomic E-state index is 6.22. The van der Waals surface area contributed by atoms with Crippen LogP contribution in [0.2, 0.25) is 5.02 Å². The normalized spacial score (nSPS) is 20.7. The van der Waals surface area contributed by atoms with E-state index in [1.165, 1.54) is 5.56 Å². The van der Waals surface area contributed by atoms with Gasteiger partial charge in [0, 0.05) is 10.5 Å². The molecule has 1 fully saturated rings. The van der Waals surface area contributed by atoms with Crippen molar-refractivity contribution in [2.75, 3.05) is 12.4 Å². The van der Waals surface area contributed by atoms with E-state index in [1.807, 2.05) is 30.3 Å². The summed E-state index contributed by atoms with van der Waals surface area (Å²) in [6.07, 6.45) is 2.20. The molecule has 3 rings (SSSR count). The Hall–Kier alpha value is -1.19. The van der Waals surface area contributed by atoms with Crippen LogP contribution in [0.4, 0.5) is 5.69 Å². The third-order valence-corrected chi connectivity index (χ3v) is 4.83. The van der Waals surface area contributed by atoms with Crippen molar-refractivity contribution in [3.05, 3.63) is 57.5 Å². The van der Waals surface area contributed by atoms with Crippen LogP contribution < -0.4 is 10.1 Å². The lowest BCUT2D eigenvalue weighted by Gasteiger charge is -2.37. The molecule has 1 saturated carbocycles. The van der Waals surface area contributed by atoms with E-state index in [-0.39, 0.29) is 0 Å². The van der Waals surface area contributed by atoms with Crippen molar-refractivity contribution in [3.63, 3.8) is 0 Å². The summed E-state index contributed by atoms with van der Waals surface area (Å²) in [5.74, 6) is 1.55. The van der Waals surface area contributed by atoms with Gasteiger partial charge in [-0.3, -0.25) is 0 Å². The van der Waals surface area contributed by atoms with Gasteiger partial charge in [-0.15, -0.1) is 0 Å². The Bertz CT molecular complexity index is 640. The van der Waals surface area contributed by atoms with Crippen molar-refractivity contribution in [2.24, 2.45) is 0 Å². The SMILES string of the molecule is COc1ccccc1C1CC(Nc2cc(Br)ccc2Cl)C1. The zero-order chi connectivity index (χ0) is 14.8. The average molecular weight is 367 g/mol. The van der Waals surface area contributed by atoms with E-state index in [0.29, 0.717) is 12.0 Å². The highest BCUT2D eigenvalue weighted by atomic mass is 79.9. The number of para-hydroxylation sites is 1. The molecule has 0 bridgehead atoms. The lowest BCUT2D eigenvalue weighted by Crippen LogP contribution is -2.34. The van der Waals surface area contributed by atoms with E-state index < -0.39 is 0 Å². The molecule has 0 unspecified atom stereocenters. The monoisotopic (exact) mass is 365 g/mol. The Balaban J connectivity index is 1.65. The molecule has 0 amide bonds. The first kappa shape index (κ1) is 14.7. The zero-order valence-corrected chi connectivity index (χ0v) is 14.1. The number of hydrogen-bond acceptors (Lipinski definition) is 2. The molecule has 21 heavy (non-hydrogen) atoms. The van der Waals surface area contributed by atoms with Crippen LogP contribution in [0, 0.1) is 0 Å². The molecule has 0 atom stereocenters. The first-order chi connectivity index (χ1) is 10.2. The number of anilines is 1. The number of methoxy groups -OCH3 is 1. The molecule has 2 nitrogen and oxygen atoms in total. The molecule has 1 aliphatic rings. The standard InChI is InChI=1S/C17H17BrClNO/c1-21-17-5-3-2-4-14(17)11-8-13(9-11)20-16-10-12(18)6-7-15(16)19/h2-7,10-11,13,20H,8-9H2,1H3. The van der Waals surface area contributed by atoms with E-state index in [0.717, 1.165) is 33.8 Å². The van der Waals surface area contributed by atoms with Gasteiger partial charge in [-0.25, -0.2) is 0 Å². The third-order valence-electron chi connectivity index (χ3n) is 4.00. The maximum absolute atomic E-state index is 6.22. The number of ether oxygens (including phenoxy) is 1. The summed E-state index contributed by atoms with van der Waals surface area (Å²) in [6.45, 7) is 0. The Morgan fingerprint density at radius 2 is 1.95 bits per heavy atom. The van der Waals surface area contributed by atoms with Crippen LogP contribution in [-0.2, 0) is 0 Å². The topological polar surface area (TPSA) is 21.3 Å². The van der Waals surface area contributed by atoms with Gasteiger partial charge in [0.2, 0.25) is 0 Å². The fourth-order valence-electron chi connectivity index (χ4n) is 2.82. The molecule has 0 aromatic heterocycles. The van der Waals surface area contributed by atoms with Crippen LogP contribution in [-0.4, -0.2) is 13.2 Å². The second-order valence-corrected chi connectivity index (χ2v) is 6.70. The van der Waals surface area contributed by atoms with Crippen LogP contribution in [0.25, 0.3) is 0 Å². The third kappa shape index (κ3) is 3.19. The minimum Gasteiger partial charge on any atom is -0.496 e. The largest absolute Gasteiger partial charge is 0.496 e. The predicted octanol–water partition coefficient (Wildman–Crippen LogP) is 5.47. The number of halogens is 2. The quantitative estimate of drug-likeness (QED) is 0.774. The van der Waals surface area contributed by atoms with E-state index in [9.17, 15) is 0 Å². The molecule has 2 aromatic rings. The number of nitrogens with one attached hydrogen (secondary N) is 1. The van der Waals surface area contributed by atoms with Crippen molar-refractivity contribution in [3.8, 4) is 5.75 Å². The van der Waals surface area contributed by atoms with E-state index in [4.69, 9.17) is 16.3 Å². The van der Waals surface area contributed by atoms with Crippen molar-refractivity contribution >= 4 is 33.2 Å². The van der Waals surface area contributed by atoms with Gasteiger partial charge in [0.15, 0.2) is 0 Å². The predicted molar refractivity (Wildman–Crippen MR) is 91.5 cm³/mol. The van der Waals surface area contributed by atoms with Gasteiger partial charge in [-0.05, 0) is 48.6 Å². The van der Waals surface area contributed by atoms with Crippen molar-refractivity contribution in [1.82, 2.24) is 0 Å². The summed E-state index contributed by atoms with van der Waals surface area (Å²) >= 11 is 9.70. The van der Waals surface area contributed by atoms with Gasteiger partial charge in [-0.1, -0.05) is 45.7 Å². The first-order valence-corrected chi connectivity index (χ1v) is 8.19. The van der Waals surface area contributed by atoms with Crippen molar-refractivity contribution < 1.29 is 4.74 Å². The smallest absolute Gasteiger partial charge is 0.122 e. The molecular weight excluding hydrogens is 350 g/mol. The molecule has 0 aliphatic heterocycles. The molecule has 2 aromatic carbocycles. The fraction of sp³-hybridized carbons (Fsp3) is 0.294. The van der Waals surface area contributed by atoms with Crippen LogP contribution in [0.15, 0.2) is 46.9 Å². The summed E-state index contributed by atoms with van der Waals surface area (Å²) in [6, 6.07) is 14.6. The molecule has 0 spiro atoms. The van der Waals surface area contributed by atoms with Gasteiger partial charge in [0.05, 0.1) is 17.8 Å². The van der Waals surface area contributed by atoms with Gasteiger partial charge in [-0.2, -0.15) is 0 Å². The molecule has 110 valence electrons. The van der Waals surface area contributed by atoms with Gasteiger partial charge < -0.3 is 10.1 Å². The second kappa shape index (κ2) is 6.29. The summed E-state index contributed by atoms with van der Waals surface area (Å²) in [4.78, 5) is 0. The van der Waals surface area contributed by atoms with E-state index in [1.54, 1.807) is 7.11 Å². The molecule has 1 aliphatic carbocycles. The highest BCUT2D eigenvalue weighted by Crippen LogP contribution is 2.42. The van der Waals surface area contributed by atoms with Crippen LogP contribution in [0.1, 0.15) is 24.3 Å². The summed E-state index contributed by atoms with van der Waals surface area (Å²) in [7, 11) is 1.73. The zero-order valence-electron chi connectivity index (χ0n) is 11.8. The lowest BCUT2D eigenvalue weighted by atomic mass is 9.75. The van der Waals surface area contributed by atoms with E-state index >= 15 is 0 Å². The van der Waals surface area contributed by atoms with Gasteiger partial charge >= 0.3 is 0 Å². The fourth-order valence-corrected chi connectivity index (χ4v) is 3.35. The van der Waals surface area contributed by atoms with Crippen LogP contribution in [0.3, 0.4) is 0 Å². The Morgan fingerprint density at radius 1 is 1.19 bits per heavy atom. The summed E-state index contributed by atoms with van der Waals surface area (Å²) < 4.78 is 6.48. The number of rotatable bonds is 4. The highest BCUT2D eigenvalue weighted by Gasteiger charge is 2.32. The van der Waals surface area contributed by atoms with Gasteiger partial charge in [0.1, 0.15) is 5.75 Å². The Morgan fingerprint density at radius 3 is 2.71 bits per heavy atom. The summed E-state index contributed by atoms with van der Waals surface area (Å²) in [5.41, 5.74) is 2.30. The Labute approximate surface area is 138 Å². The highest BCUT2D eigenvalue weighted by molar-refractivity contribution is 9.10. The lowest BCUT2D eigenvalue weighted by molar-refractivity contribution is 0.350. The molecule has 0 radical (unpaired) electrons. The van der Waals surface area contributed by atoms with E-state index in [2.05, 4.69) is 33.4 Å². The average Bonchev–Trinajstić information content (AvgIpc) is 2.46. The molecular formula is C17H17BrClNO. The van der Waals surface area contributed by atoms with Crippen molar-refractivity contribution in [1.29, 1.82) is 0 Å². The number of benzene rings is 2. The molecule has 0 saturated heterocycles. The summed E-state index contributed by atoms with van der Waals surface area (Å²) in [5, 5.41) is 4.28.